The average molecular weight is 351 g/mol. The smallest absolute Gasteiger partial charge is 0.292 e. The number of nitrogens with zero attached hydrogens (tertiary/aromatic N) is 3. The highest BCUT2D eigenvalue weighted by Gasteiger charge is 2.22. The van der Waals surface area contributed by atoms with E-state index in [0.29, 0.717) is 10.4 Å². The fourth-order valence-corrected chi connectivity index (χ4v) is 3.41. The average Bonchev–Trinajstić information content (AvgIpc) is 3.22. The zero-order valence-electron chi connectivity index (χ0n) is 11.9. The standard InChI is InChI=1S/C13H13N5O3S2/c19-11(15-9-3-1-2-4-10(9)18(20)21)7-22-13-17-16-12(23-13)14-8-5-6-8/h1-4,8H,5-7H2,(H,14,16)(H,15,19). The van der Waals surface area contributed by atoms with Crippen molar-refractivity contribution in [3.05, 3.63) is 34.4 Å². The van der Waals surface area contributed by atoms with E-state index in [1.54, 1.807) is 12.1 Å². The Kier molecular flexibility index (Phi) is 4.72. The summed E-state index contributed by atoms with van der Waals surface area (Å²) in [6, 6.07) is 6.55. The molecule has 0 unspecified atom stereocenters. The van der Waals surface area contributed by atoms with Crippen molar-refractivity contribution in [1.29, 1.82) is 0 Å². The molecule has 3 rings (SSSR count). The van der Waals surface area contributed by atoms with E-state index < -0.39 is 4.92 Å². The molecule has 1 aromatic heterocycles. The maximum Gasteiger partial charge on any atom is 0.292 e. The summed E-state index contributed by atoms with van der Waals surface area (Å²) in [4.78, 5) is 22.3. The Balaban J connectivity index is 1.53. The summed E-state index contributed by atoms with van der Waals surface area (Å²) < 4.78 is 0.686. The van der Waals surface area contributed by atoms with Gasteiger partial charge in [0.2, 0.25) is 11.0 Å². The second-order valence-corrected chi connectivity index (χ2v) is 7.10. The van der Waals surface area contributed by atoms with Crippen molar-refractivity contribution in [2.75, 3.05) is 16.4 Å². The Morgan fingerprint density at radius 2 is 2.17 bits per heavy atom. The van der Waals surface area contributed by atoms with Crippen LogP contribution in [0, 0.1) is 10.1 Å². The number of nitro groups is 1. The number of nitro benzene ring substituents is 1. The normalized spacial score (nSPS) is 13.6. The van der Waals surface area contributed by atoms with Gasteiger partial charge in [0.05, 0.1) is 10.7 Å². The molecule has 0 atom stereocenters. The maximum atomic E-state index is 11.9. The van der Waals surface area contributed by atoms with Crippen LogP contribution >= 0.6 is 23.1 Å². The molecule has 2 N–H and O–H groups in total. The molecule has 0 bridgehead atoms. The number of thioether (sulfide) groups is 1. The van der Waals surface area contributed by atoms with Gasteiger partial charge in [0, 0.05) is 12.1 Å². The molecule has 0 aliphatic heterocycles. The van der Waals surface area contributed by atoms with Crippen molar-refractivity contribution in [2.24, 2.45) is 0 Å². The number of benzene rings is 1. The Labute approximate surface area is 139 Å². The van der Waals surface area contributed by atoms with Crippen molar-refractivity contribution < 1.29 is 9.72 Å². The van der Waals surface area contributed by atoms with Crippen molar-refractivity contribution >= 4 is 45.5 Å². The number of para-hydroxylation sites is 2. The van der Waals surface area contributed by atoms with Gasteiger partial charge in [-0.15, -0.1) is 10.2 Å². The molecule has 1 aliphatic rings. The van der Waals surface area contributed by atoms with Gasteiger partial charge in [-0.1, -0.05) is 35.2 Å². The van der Waals surface area contributed by atoms with Crippen molar-refractivity contribution in [3.8, 4) is 0 Å². The summed E-state index contributed by atoms with van der Waals surface area (Å²) in [6.45, 7) is 0. The molecule has 1 heterocycles. The number of hydrogen-bond donors (Lipinski definition) is 2. The fourth-order valence-electron chi connectivity index (χ4n) is 1.78. The second kappa shape index (κ2) is 6.92. The fraction of sp³-hybridized carbons (Fsp3) is 0.308. The third-order valence-electron chi connectivity index (χ3n) is 3.01. The van der Waals surface area contributed by atoms with Gasteiger partial charge < -0.3 is 10.6 Å². The summed E-state index contributed by atoms with van der Waals surface area (Å²) in [5.74, 6) is -0.208. The monoisotopic (exact) mass is 351 g/mol. The summed E-state index contributed by atoms with van der Waals surface area (Å²) in [7, 11) is 0. The van der Waals surface area contributed by atoms with Crippen LogP contribution in [0.4, 0.5) is 16.5 Å². The predicted octanol–water partition coefficient (Wildman–Crippen LogP) is 2.75. The molecule has 0 spiro atoms. The maximum absolute atomic E-state index is 11.9. The van der Waals surface area contributed by atoms with Gasteiger partial charge in [-0.25, -0.2) is 0 Å². The van der Waals surface area contributed by atoms with Crippen LogP contribution < -0.4 is 10.6 Å². The Bertz CT molecular complexity index is 732. The summed E-state index contributed by atoms with van der Waals surface area (Å²) in [6.07, 6.45) is 2.31. The van der Waals surface area contributed by atoms with Gasteiger partial charge in [0.15, 0.2) is 4.34 Å². The minimum absolute atomic E-state index is 0.115. The number of carbonyl (C=O) groups excluding carboxylic acids is 1. The molecule has 0 radical (unpaired) electrons. The Morgan fingerprint density at radius 1 is 1.39 bits per heavy atom. The van der Waals surface area contributed by atoms with Crippen molar-refractivity contribution in [1.82, 2.24) is 10.2 Å². The molecule has 0 saturated heterocycles. The van der Waals surface area contributed by atoms with Crippen molar-refractivity contribution in [3.63, 3.8) is 0 Å². The number of carbonyl (C=O) groups is 1. The van der Waals surface area contributed by atoms with Gasteiger partial charge in [0.1, 0.15) is 5.69 Å². The van der Waals surface area contributed by atoms with E-state index in [2.05, 4.69) is 20.8 Å². The molecule has 1 aliphatic carbocycles. The molecule has 8 nitrogen and oxygen atoms in total. The first-order valence-electron chi connectivity index (χ1n) is 6.88. The highest BCUT2D eigenvalue weighted by atomic mass is 32.2. The highest BCUT2D eigenvalue weighted by Crippen LogP contribution is 2.30. The molecule has 120 valence electrons. The zero-order chi connectivity index (χ0) is 16.2. The van der Waals surface area contributed by atoms with Crippen LogP contribution in [0.1, 0.15) is 12.8 Å². The van der Waals surface area contributed by atoms with Crippen LogP contribution in [0.25, 0.3) is 0 Å². The molecule has 1 amide bonds. The van der Waals surface area contributed by atoms with E-state index >= 15 is 0 Å². The number of amides is 1. The number of hydrogen-bond acceptors (Lipinski definition) is 8. The molecule has 1 aromatic carbocycles. The third kappa shape index (κ3) is 4.39. The van der Waals surface area contributed by atoms with Crippen molar-refractivity contribution in [2.45, 2.75) is 23.2 Å². The van der Waals surface area contributed by atoms with Crippen LogP contribution in [0.15, 0.2) is 28.6 Å². The largest absolute Gasteiger partial charge is 0.357 e. The minimum Gasteiger partial charge on any atom is -0.357 e. The van der Waals surface area contributed by atoms with E-state index in [1.165, 1.54) is 35.2 Å². The van der Waals surface area contributed by atoms with Crippen LogP contribution in [0.3, 0.4) is 0 Å². The highest BCUT2D eigenvalue weighted by molar-refractivity contribution is 8.01. The lowest BCUT2D eigenvalue weighted by Gasteiger charge is -2.04. The second-order valence-electron chi connectivity index (χ2n) is 4.90. The van der Waals surface area contributed by atoms with Gasteiger partial charge in [-0.05, 0) is 18.9 Å². The lowest BCUT2D eigenvalue weighted by molar-refractivity contribution is -0.383. The first kappa shape index (κ1) is 15.7. The number of anilines is 2. The van der Waals surface area contributed by atoms with Crippen LogP contribution in [-0.4, -0.2) is 32.8 Å². The Morgan fingerprint density at radius 3 is 2.91 bits per heavy atom. The molecule has 10 heteroatoms. The van der Waals surface area contributed by atoms with E-state index in [4.69, 9.17) is 0 Å². The summed E-state index contributed by atoms with van der Waals surface area (Å²) >= 11 is 2.65. The van der Waals surface area contributed by atoms with Gasteiger partial charge in [-0.2, -0.15) is 0 Å². The Hall–Kier alpha value is -2.20. The minimum atomic E-state index is -0.524. The van der Waals surface area contributed by atoms with Crippen LogP contribution in [-0.2, 0) is 4.79 Å². The molecular weight excluding hydrogens is 338 g/mol. The number of aromatic nitrogens is 2. The molecule has 1 saturated carbocycles. The predicted molar refractivity (Wildman–Crippen MR) is 89.0 cm³/mol. The quantitative estimate of drug-likeness (QED) is 0.448. The van der Waals surface area contributed by atoms with E-state index in [9.17, 15) is 14.9 Å². The lowest BCUT2D eigenvalue weighted by Crippen LogP contribution is -2.15. The lowest BCUT2D eigenvalue weighted by atomic mass is 10.2. The SMILES string of the molecule is O=C(CSc1nnc(NC2CC2)s1)Nc1ccccc1[N+](=O)[O-]. The van der Waals surface area contributed by atoms with E-state index in [-0.39, 0.29) is 23.0 Å². The first-order chi connectivity index (χ1) is 11.1. The first-order valence-corrected chi connectivity index (χ1v) is 8.68. The molecular formula is C13H13N5O3S2. The van der Waals surface area contributed by atoms with Crippen LogP contribution in [0.2, 0.25) is 0 Å². The summed E-state index contributed by atoms with van der Waals surface area (Å²) in [5, 5.41) is 25.5. The summed E-state index contributed by atoms with van der Waals surface area (Å²) in [5.41, 5.74) is 0.0640. The molecule has 1 fully saturated rings. The van der Waals surface area contributed by atoms with Gasteiger partial charge in [-0.3, -0.25) is 14.9 Å². The zero-order valence-corrected chi connectivity index (χ0v) is 13.5. The number of nitrogens with one attached hydrogen (secondary N) is 2. The third-order valence-corrected chi connectivity index (χ3v) is 5.00. The van der Waals surface area contributed by atoms with Crippen LogP contribution in [0.5, 0.6) is 0 Å². The van der Waals surface area contributed by atoms with Gasteiger partial charge >= 0.3 is 0 Å². The molecule has 23 heavy (non-hydrogen) atoms. The van der Waals surface area contributed by atoms with Gasteiger partial charge in [0.25, 0.3) is 5.69 Å². The van der Waals surface area contributed by atoms with E-state index in [1.807, 2.05) is 0 Å². The van der Waals surface area contributed by atoms with E-state index in [0.717, 1.165) is 18.0 Å². The number of rotatable bonds is 7. The topological polar surface area (TPSA) is 110 Å². The molecule has 2 aromatic rings.